The number of halogens is 3. The second-order valence-corrected chi connectivity index (χ2v) is 4.35. The molecule has 0 fully saturated rings. The fourth-order valence-corrected chi connectivity index (χ4v) is 1.72. The lowest BCUT2D eigenvalue weighted by atomic mass is 10.0. The molecule has 110 valence electrons. The van der Waals surface area contributed by atoms with Gasteiger partial charge in [0.1, 0.15) is 0 Å². The Morgan fingerprint density at radius 2 is 1.95 bits per heavy atom. The van der Waals surface area contributed by atoms with Crippen LogP contribution in [0.2, 0.25) is 0 Å². The van der Waals surface area contributed by atoms with Crippen LogP contribution in [0.25, 0.3) is 0 Å². The number of alkyl halides is 3. The van der Waals surface area contributed by atoms with Gasteiger partial charge in [0.05, 0.1) is 4.92 Å². The number of nitrogens with zero attached hydrogens (tertiary/aromatic N) is 2. The highest BCUT2D eigenvalue weighted by atomic mass is 19.4. The van der Waals surface area contributed by atoms with E-state index in [9.17, 15) is 28.1 Å². The molecule has 0 aliphatic carbocycles. The fourth-order valence-electron chi connectivity index (χ4n) is 1.72. The number of nitro groups is 1. The van der Waals surface area contributed by atoms with Gasteiger partial charge in [0.15, 0.2) is 0 Å². The number of hydrogen-bond acceptors (Lipinski definition) is 3. The van der Waals surface area contributed by atoms with Gasteiger partial charge in [-0.15, -0.1) is 0 Å². The second kappa shape index (κ2) is 5.89. The molecule has 20 heavy (non-hydrogen) atoms. The highest BCUT2D eigenvalue weighted by Gasteiger charge is 2.42. The van der Waals surface area contributed by atoms with Crippen LogP contribution in [0, 0.1) is 10.1 Å². The quantitative estimate of drug-likeness (QED) is 0.632. The molecule has 1 rings (SSSR count). The summed E-state index contributed by atoms with van der Waals surface area (Å²) in [4.78, 5) is 21.8. The maximum Gasteiger partial charge on any atom is 0.471 e. The van der Waals surface area contributed by atoms with Gasteiger partial charge in [-0.05, 0) is 13.3 Å². The minimum Gasteiger partial charge on any atom is -0.335 e. The predicted octanol–water partition coefficient (Wildman–Crippen LogP) is 2.55. The SMILES string of the molecule is C[C@@H](Cc1ccccc1[N+](=O)[O-])N(C)C(=O)C(F)(F)F. The lowest BCUT2D eigenvalue weighted by Crippen LogP contribution is -2.44. The van der Waals surface area contributed by atoms with E-state index in [1.165, 1.54) is 25.1 Å². The number of carbonyl (C=O) groups excluding carboxylic acids is 1. The van der Waals surface area contributed by atoms with E-state index in [4.69, 9.17) is 0 Å². The van der Waals surface area contributed by atoms with Crippen molar-refractivity contribution in [3.8, 4) is 0 Å². The number of likely N-dealkylation sites (N-methyl/N-ethyl adjacent to an activating group) is 1. The number of para-hydroxylation sites is 1. The highest BCUT2D eigenvalue weighted by molar-refractivity contribution is 5.81. The summed E-state index contributed by atoms with van der Waals surface area (Å²) in [7, 11) is 1.02. The lowest BCUT2D eigenvalue weighted by Gasteiger charge is -2.25. The van der Waals surface area contributed by atoms with Crippen LogP contribution in [-0.2, 0) is 11.2 Å². The Morgan fingerprint density at radius 3 is 2.45 bits per heavy atom. The summed E-state index contributed by atoms with van der Waals surface area (Å²) in [6.45, 7) is 1.40. The predicted molar refractivity (Wildman–Crippen MR) is 65.1 cm³/mol. The minimum atomic E-state index is -4.95. The number of rotatable bonds is 4. The van der Waals surface area contributed by atoms with E-state index < -0.39 is 23.0 Å². The van der Waals surface area contributed by atoms with Crippen LogP contribution in [0.15, 0.2) is 24.3 Å². The number of benzene rings is 1. The van der Waals surface area contributed by atoms with Crippen LogP contribution < -0.4 is 0 Å². The van der Waals surface area contributed by atoms with E-state index in [-0.39, 0.29) is 17.7 Å². The molecule has 0 heterocycles. The van der Waals surface area contributed by atoms with Crippen molar-refractivity contribution in [1.82, 2.24) is 4.90 Å². The molecule has 0 radical (unpaired) electrons. The van der Waals surface area contributed by atoms with Crippen LogP contribution in [-0.4, -0.2) is 35.0 Å². The molecule has 0 aliphatic heterocycles. The largest absolute Gasteiger partial charge is 0.471 e. The van der Waals surface area contributed by atoms with Gasteiger partial charge >= 0.3 is 12.1 Å². The normalized spacial score (nSPS) is 12.8. The van der Waals surface area contributed by atoms with E-state index in [0.29, 0.717) is 4.90 Å². The summed E-state index contributed by atoms with van der Waals surface area (Å²) in [5, 5.41) is 10.8. The molecule has 8 heteroatoms. The Balaban J connectivity index is 2.89. The molecule has 0 saturated heterocycles. The third-order valence-corrected chi connectivity index (χ3v) is 2.93. The Bertz CT molecular complexity index is 517. The molecule has 1 atom stereocenters. The van der Waals surface area contributed by atoms with Crippen LogP contribution >= 0.6 is 0 Å². The van der Waals surface area contributed by atoms with Gasteiger partial charge in [0.25, 0.3) is 5.69 Å². The van der Waals surface area contributed by atoms with Gasteiger partial charge in [-0.1, -0.05) is 18.2 Å². The molecule has 0 unspecified atom stereocenters. The van der Waals surface area contributed by atoms with E-state index >= 15 is 0 Å². The van der Waals surface area contributed by atoms with Crippen molar-refractivity contribution >= 4 is 11.6 Å². The van der Waals surface area contributed by atoms with Gasteiger partial charge in [-0.2, -0.15) is 13.2 Å². The topological polar surface area (TPSA) is 63.5 Å². The summed E-state index contributed by atoms with van der Waals surface area (Å²) < 4.78 is 36.9. The van der Waals surface area contributed by atoms with E-state index in [1.54, 1.807) is 6.07 Å². The Labute approximate surface area is 113 Å². The van der Waals surface area contributed by atoms with Crippen molar-refractivity contribution in [1.29, 1.82) is 0 Å². The van der Waals surface area contributed by atoms with Crippen LogP contribution in [0.1, 0.15) is 12.5 Å². The molecule has 0 aliphatic rings. The first-order valence-corrected chi connectivity index (χ1v) is 5.71. The lowest BCUT2D eigenvalue weighted by molar-refractivity contribution is -0.385. The zero-order valence-electron chi connectivity index (χ0n) is 10.8. The van der Waals surface area contributed by atoms with Crippen molar-refractivity contribution in [2.24, 2.45) is 0 Å². The molecule has 5 nitrogen and oxygen atoms in total. The summed E-state index contributed by atoms with van der Waals surface area (Å²) in [5.74, 6) is -1.97. The molecule has 0 saturated carbocycles. The van der Waals surface area contributed by atoms with E-state index in [0.717, 1.165) is 7.05 Å². The molecule has 0 spiro atoms. The van der Waals surface area contributed by atoms with Crippen molar-refractivity contribution in [2.75, 3.05) is 7.05 Å². The van der Waals surface area contributed by atoms with Gasteiger partial charge < -0.3 is 4.90 Å². The smallest absolute Gasteiger partial charge is 0.335 e. The number of hydrogen-bond donors (Lipinski definition) is 0. The fraction of sp³-hybridized carbons (Fsp3) is 0.417. The molecule has 1 amide bonds. The van der Waals surface area contributed by atoms with Crippen molar-refractivity contribution < 1.29 is 22.9 Å². The van der Waals surface area contributed by atoms with E-state index in [1.807, 2.05) is 0 Å². The van der Waals surface area contributed by atoms with Gasteiger partial charge in [0, 0.05) is 24.7 Å². The molecule has 0 N–H and O–H groups in total. The molecule has 1 aromatic carbocycles. The van der Waals surface area contributed by atoms with Crippen LogP contribution in [0.5, 0.6) is 0 Å². The molecule has 0 bridgehead atoms. The maximum absolute atomic E-state index is 12.3. The maximum atomic E-state index is 12.3. The van der Waals surface area contributed by atoms with Gasteiger partial charge in [-0.25, -0.2) is 0 Å². The minimum absolute atomic E-state index is 0.0323. The van der Waals surface area contributed by atoms with Crippen LogP contribution in [0.3, 0.4) is 0 Å². The summed E-state index contributed by atoms with van der Waals surface area (Å²) in [6, 6.07) is 4.94. The van der Waals surface area contributed by atoms with Crippen LogP contribution in [0.4, 0.5) is 18.9 Å². The zero-order chi connectivity index (χ0) is 15.5. The Kier molecular flexibility index (Phi) is 4.69. The zero-order valence-corrected chi connectivity index (χ0v) is 10.8. The first kappa shape index (κ1) is 15.9. The van der Waals surface area contributed by atoms with Gasteiger partial charge in [0.2, 0.25) is 0 Å². The number of amides is 1. The summed E-state index contributed by atoms with van der Waals surface area (Å²) in [5.41, 5.74) is 0.110. The highest BCUT2D eigenvalue weighted by Crippen LogP contribution is 2.23. The number of nitro benzene ring substituents is 1. The monoisotopic (exact) mass is 290 g/mol. The average molecular weight is 290 g/mol. The van der Waals surface area contributed by atoms with Crippen molar-refractivity contribution in [3.63, 3.8) is 0 Å². The Hall–Kier alpha value is -2.12. The van der Waals surface area contributed by atoms with E-state index in [2.05, 4.69) is 0 Å². The molecule has 0 aromatic heterocycles. The van der Waals surface area contributed by atoms with Gasteiger partial charge in [-0.3, -0.25) is 14.9 Å². The molecular formula is C12H13F3N2O3. The number of carbonyl (C=O) groups is 1. The third kappa shape index (κ3) is 3.69. The average Bonchev–Trinajstić information content (AvgIpc) is 2.36. The van der Waals surface area contributed by atoms with Crippen molar-refractivity contribution in [2.45, 2.75) is 25.6 Å². The molecule has 1 aromatic rings. The third-order valence-electron chi connectivity index (χ3n) is 2.93. The summed E-state index contributed by atoms with van der Waals surface area (Å²) >= 11 is 0. The standard InChI is InChI=1S/C12H13F3N2O3/c1-8(16(2)11(18)12(13,14)15)7-9-5-3-4-6-10(9)17(19)20/h3-6,8H,7H2,1-2H3/t8-/m0/s1. The first-order valence-electron chi connectivity index (χ1n) is 5.71. The Morgan fingerprint density at radius 1 is 1.40 bits per heavy atom. The first-order chi connectivity index (χ1) is 9.14. The second-order valence-electron chi connectivity index (χ2n) is 4.35. The molecular weight excluding hydrogens is 277 g/mol. The summed E-state index contributed by atoms with van der Waals surface area (Å²) in [6.07, 6.45) is -4.99. The van der Waals surface area contributed by atoms with Crippen molar-refractivity contribution in [3.05, 3.63) is 39.9 Å².